The van der Waals surface area contributed by atoms with Gasteiger partial charge >= 0.3 is 0 Å². The van der Waals surface area contributed by atoms with Crippen LogP contribution in [0.15, 0.2) is 18.2 Å². The van der Waals surface area contributed by atoms with Crippen LogP contribution in [0.1, 0.15) is 30.9 Å². The molecular formula is C16H21FN2. The SMILES string of the molecule is CCC1CCN(Cc2ccc(F)c(C#CCN)c2)C1. The van der Waals surface area contributed by atoms with Gasteiger partial charge in [0.2, 0.25) is 0 Å². The number of hydrogen-bond donors (Lipinski definition) is 1. The summed E-state index contributed by atoms with van der Waals surface area (Å²) >= 11 is 0. The molecule has 1 saturated heterocycles. The summed E-state index contributed by atoms with van der Waals surface area (Å²) < 4.78 is 13.6. The van der Waals surface area contributed by atoms with E-state index in [0.717, 1.165) is 31.1 Å². The molecule has 0 spiro atoms. The predicted molar refractivity (Wildman–Crippen MR) is 76.0 cm³/mol. The zero-order chi connectivity index (χ0) is 13.7. The number of likely N-dealkylation sites (tertiary alicyclic amines) is 1. The highest BCUT2D eigenvalue weighted by molar-refractivity contribution is 5.38. The predicted octanol–water partition coefficient (Wildman–Crippen LogP) is 2.37. The Hall–Kier alpha value is -1.37. The first-order valence-corrected chi connectivity index (χ1v) is 6.92. The van der Waals surface area contributed by atoms with Crippen LogP contribution < -0.4 is 5.73 Å². The second-order valence-electron chi connectivity index (χ2n) is 5.12. The number of halogens is 1. The lowest BCUT2D eigenvalue weighted by Gasteiger charge is -2.16. The van der Waals surface area contributed by atoms with Gasteiger partial charge in [0, 0.05) is 13.1 Å². The molecule has 2 rings (SSSR count). The van der Waals surface area contributed by atoms with Crippen LogP contribution in [0.2, 0.25) is 0 Å². The molecule has 1 fully saturated rings. The maximum absolute atomic E-state index is 13.6. The molecule has 1 aliphatic rings. The minimum absolute atomic E-state index is 0.258. The minimum atomic E-state index is -0.266. The lowest BCUT2D eigenvalue weighted by Crippen LogP contribution is -2.20. The van der Waals surface area contributed by atoms with Crippen molar-refractivity contribution < 1.29 is 4.39 Å². The highest BCUT2D eigenvalue weighted by Gasteiger charge is 2.20. The van der Waals surface area contributed by atoms with E-state index in [0.29, 0.717) is 5.56 Å². The van der Waals surface area contributed by atoms with Crippen molar-refractivity contribution in [3.8, 4) is 11.8 Å². The van der Waals surface area contributed by atoms with Gasteiger partial charge in [0.1, 0.15) is 5.82 Å². The van der Waals surface area contributed by atoms with E-state index in [4.69, 9.17) is 5.73 Å². The summed E-state index contributed by atoms with van der Waals surface area (Å²) in [5, 5.41) is 0. The Morgan fingerprint density at radius 2 is 2.32 bits per heavy atom. The molecule has 1 unspecified atom stereocenters. The third-order valence-corrected chi connectivity index (χ3v) is 3.71. The van der Waals surface area contributed by atoms with Crippen molar-refractivity contribution in [2.75, 3.05) is 19.6 Å². The molecule has 1 heterocycles. The van der Waals surface area contributed by atoms with E-state index in [1.54, 1.807) is 0 Å². The highest BCUT2D eigenvalue weighted by Crippen LogP contribution is 2.21. The molecule has 2 nitrogen and oxygen atoms in total. The van der Waals surface area contributed by atoms with Crippen molar-refractivity contribution in [3.05, 3.63) is 35.1 Å². The number of hydrogen-bond acceptors (Lipinski definition) is 2. The lowest BCUT2D eigenvalue weighted by molar-refractivity contribution is 0.315. The summed E-state index contributed by atoms with van der Waals surface area (Å²) in [6, 6.07) is 5.20. The molecule has 1 aromatic carbocycles. The van der Waals surface area contributed by atoms with Crippen molar-refractivity contribution in [1.29, 1.82) is 0 Å². The fraction of sp³-hybridized carbons (Fsp3) is 0.500. The van der Waals surface area contributed by atoms with Gasteiger partial charge in [-0.25, -0.2) is 4.39 Å². The molecule has 0 saturated carbocycles. The summed E-state index contributed by atoms with van der Waals surface area (Å²) in [6.45, 7) is 5.67. The molecule has 0 amide bonds. The lowest BCUT2D eigenvalue weighted by atomic mass is 10.1. The Kier molecular flexibility index (Phi) is 4.95. The van der Waals surface area contributed by atoms with Crippen LogP contribution in [0, 0.1) is 23.6 Å². The zero-order valence-electron chi connectivity index (χ0n) is 11.5. The molecule has 1 aromatic rings. The smallest absolute Gasteiger partial charge is 0.138 e. The average Bonchev–Trinajstić information content (AvgIpc) is 2.87. The molecule has 0 aromatic heterocycles. The van der Waals surface area contributed by atoms with Gasteiger partial charge in [-0.3, -0.25) is 4.90 Å². The second-order valence-corrected chi connectivity index (χ2v) is 5.12. The van der Waals surface area contributed by atoms with Gasteiger partial charge in [-0.2, -0.15) is 0 Å². The van der Waals surface area contributed by atoms with Gasteiger partial charge in [-0.05, 0) is 36.6 Å². The average molecular weight is 260 g/mol. The van der Waals surface area contributed by atoms with Crippen molar-refractivity contribution in [3.63, 3.8) is 0 Å². The summed E-state index contributed by atoms with van der Waals surface area (Å²) in [7, 11) is 0. The fourth-order valence-corrected chi connectivity index (χ4v) is 2.56. The molecular weight excluding hydrogens is 239 g/mol. The van der Waals surface area contributed by atoms with Crippen LogP contribution >= 0.6 is 0 Å². The number of nitrogens with zero attached hydrogens (tertiary/aromatic N) is 1. The van der Waals surface area contributed by atoms with E-state index in [2.05, 4.69) is 23.7 Å². The quantitative estimate of drug-likeness (QED) is 0.845. The zero-order valence-corrected chi connectivity index (χ0v) is 11.5. The summed E-state index contributed by atoms with van der Waals surface area (Å²) in [4.78, 5) is 2.43. The highest BCUT2D eigenvalue weighted by atomic mass is 19.1. The Morgan fingerprint density at radius 3 is 3.00 bits per heavy atom. The van der Waals surface area contributed by atoms with Gasteiger partial charge in [0.05, 0.1) is 12.1 Å². The van der Waals surface area contributed by atoms with E-state index in [1.807, 2.05) is 12.1 Å². The third-order valence-electron chi connectivity index (χ3n) is 3.71. The van der Waals surface area contributed by atoms with Gasteiger partial charge in [-0.15, -0.1) is 0 Å². The normalized spacial score (nSPS) is 19.2. The van der Waals surface area contributed by atoms with E-state index in [1.165, 1.54) is 18.9 Å². The van der Waals surface area contributed by atoms with E-state index < -0.39 is 0 Å². The first-order chi connectivity index (χ1) is 9.22. The topological polar surface area (TPSA) is 29.3 Å². The fourth-order valence-electron chi connectivity index (χ4n) is 2.56. The van der Waals surface area contributed by atoms with Crippen LogP contribution in [0.4, 0.5) is 4.39 Å². The molecule has 0 aliphatic carbocycles. The summed E-state index contributed by atoms with van der Waals surface area (Å²) in [6.07, 6.45) is 2.52. The third kappa shape index (κ3) is 3.79. The van der Waals surface area contributed by atoms with E-state index in [9.17, 15) is 4.39 Å². The summed E-state index contributed by atoms with van der Waals surface area (Å²) in [5.41, 5.74) is 6.90. The first kappa shape index (κ1) is 14.0. The van der Waals surface area contributed by atoms with Crippen LogP contribution in [0.25, 0.3) is 0 Å². The Bertz CT molecular complexity index is 487. The van der Waals surface area contributed by atoms with Crippen molar-refractivity contribution in [2.45, 2.75) is 26.3 Å². The maximum Gasteiger partial charge on any atom is 0.138 e. The Balaban J connectivity index is 2.05. The van der Waals surface area contributed by atoms with Crippen LogP contribution in [0.5, 0.6) is 0 Å². The molecule has 0 bridgehead atoms. The Morgan fingerprint density at radius 1 is 1.47 bits per heavy atom. The Labute approximate surface area is 114 Å². The van der Waals surface area contributed by atoms with Crippen LogP contribution in [-0.4, -0.2) is 24.5 Å². The molecule has 3 heteroatoms. The first-order valence-electron chi connectivity index (χ1n) is 6.92. The molecule has 0 radical (unpaired) electrons. The van der Waals surface area contributed by atoms with Gasteiger partial charge < -0.3 is 5.73 Å². The van der Waals surface area contributed by atoms with Crippen LogP contribution in [0.3, 0.4) is 0 Å². The summed E-state index contributed by atoms with van der Waals surface area (Å²) in [5.74, 6) is 6.05. The second kappa shape index (κ2) is 6.70. The van der Waals surface area contributed by atoms with Crippen molar-refractivity contribution >= 4 is 0 Å². The number of benzene rings is 1. The van der Waals surface area contributed by atoms with Crippen molar-refractivity contribution in [1.82, 2.24) is 4.90 Å². The minimum Gasteiger partial charge on any atom is -0.320 e. The molecule has 102 valence electrons. The number of rotatable bonds is 3. The van der Waals surface area contributed by atoms with Gasteiger partial charge in [-0.1, -0.05) is 31.3 Å². The standard InChI is InChI=1S/C16H21FN2/c1-2-13-7-9-19(11-13)12-14-5-6-16(17)15(10-14)4-3-8-18/h5-6,10,13H,2,7-9,11-12,18H2,1H3. The van der Waals surface area contributed by atoms with E-state index >= 15 is 0 Å². The van der Waals surface area contributed by atoms with Crippen LogP contribution in [-0.2, 0) is 6.54 Å². The largest absolute Gasteiger partial charge is 0.320 e. The van der Waals surface area contributed by atoms with Crippen molar-refractivity contribution in [2.24, 2.45) is 11.7 Å². The number of nitrogens with two attached hydrogens (primary N) is 1. The van der Waals surface area contributed by atoms with Gasteiger partial charge in [0.15, 0.2) is 0 Å². The molecule has 1 atom stereocenters. The molecule has 19 heavy (non-hydrogen) atoms. The monoisotopic (exact) mass is 260 g/mol. The molecule has 2 N–H and O–H groups in total. The maximum atomic E-state index is 13.6. The van der Waals surface area contributed by atoms with Gasteiger partial charge in [0.25, 0.3) is 0 Å². The molecule has 1 aliphatic heterocycles. The van der Waals surface area contributed by atoms with E-state index in [-0.39, 0.29) is 12.4 Å².